The number of nitrogens with zero attached hydrogens (tertiary/aromatic N) is 1. The molecule has 158 valence electrons. The fourth-order valence-electron chi connectivity index (χ4n) is 5.68. The average molecular weight is 400 g/mol. The maximum atomic E-state index is 13.9. The van der Waals surface area contributed by atoms with Crippen LogP contribution in [0.25, 0.3) is 0 Å². The van der Waals surface area contributed by atoms with Crippen molar-refractivity contribution in [2.24, 2.45) is 17.8 Å². The van der Waals surface area contributed by atoms with E-state index in [0.717, 1.165) is 49.0 Å². The molecule has 0 aliphatic heterocycles. The van der Waals surface area contributed by atoms with Crippen molar-refractivity contribution in [3.05, 3.63) is 47.5 Å². The summed E-state index contributed by atoms with van der Waals surface area (Å²) >= 11 is 0. The molecule has 0 heterocycles. The fourth-order valence-corrected chi connectivity index (χ4v) is 5.68. The summed E-state index contributed by atoms with van der Waals surface area (Å²) < 4.78 is 25.9. The molecule has 0 radical (unpaired) electrons. The lowest BCUT2D eigenvalue weighted by Crippen LogP contribution is -2.25. The average Bonchev–Trinajstić information content (AvgIpc) is 2.77. The molecule has 29 heavy (non-hydrogen) atoms. The molecule has 0 bridgehead atoms. The van der Waals surface area contributed by atoms with Gasteiger partial charge in [-0.15, -0.1) is 0 Å². The molecule has 2 aliphatic rings. The zero-order valence-electron chi connectivity index (χ0n) is 17.6. The number of hydrogen-bond donors (Lipinski definition) is 0. The lowest BCUT2D eigenvalue weighted by Gasteiger charge is -2.38. The second-order valence-corrected chi connectivity index (χ2v) is 9.24. The summed E-state index contributed by atoms with van der Waals surface area (Å²) in [6.07, 6.45) is 18.5. The second-order valence-electron chi connectivity index (χ2n) is 9.24. The number of rotatable bonds is 8. The van der Waals surface area contributed by atoms with Gasteiger partial charge in [0.15, 0.2) is 0 Å². The maximum absolute atomic E-state index is 13.9. The summed E-state index contributed by atoms with van der Waals surface area (Å²) in [4.78, 5) is 0. The molecule has 3 heteroatoms. The van der Waals surface area contributed by atoms with Crippen LogP contribution >= 0.6 is 0 Å². The maximum Gasteiger partial charge on any atom is 0.141 e. The SMILES string of the molecule is N#Cc1ccc(C2CCC([C@H]3CC[C@H](CCCCC/C=C/F)CC3)CC2)cc1F. The summed E-state index contributed by atoms with van der Waals surface area (Å²) in [5, 5.41) is 8.90. The lowest BCUT2D eigenvalue weighted by atomic mass is 9.68. The van der Waals surface area contributed by atoms with Crippen LogP contribution in [0.1, 0.15) is 101 Å². The van der Waals surface area contributed by atoms with E-state index in [1.807, 2.05) is 12.1 Å². The quantitative estimate of drug-likeness (QED) is 0.404. The van der Waals surface area contributed by atoms with Crippen LogP contribution in [-0.4, -0.2) is 0 Å². The van der Waals surface area contributed by atoms with Crippen LogP contribution in [0.3, 0.4) is 0 Å². The van der Waals surface area contributed by atoms with Gasteiger partial charge in [0, 0.05) is 0 Å². The minimum Gasteiger partial charge on any atom is -0.216 e. The van der Waals surface area contributed by atoms with Crippen LogP contribution in [0.5, 0.6) is 0 Å². The first-order valence-electron chi connectivity index (χ1n) is 11.7. The Hall–Kier alpha value is -1.69. The number of hydrogen-bond acceptors (Lipinski definition) is 1. The number of halogens is 2. The number of allylic oxidation sites excluding steroid dienone is 1. The highest BCUT2D eigenvalue weighted by atomic mass is 19.1. The van der Waals surface area contributed by atoms with E-state index in [2.05, 4.69) is 0 Å². The number of unbranched alkanes of at least 4 members (excludes halogenated alkanes) is 3. The summed E-state index contributed by atoms with van der Waals surface area (Å²) in [7, 11) is 0. The molecule has 0 N–H and O–H groups in total. The van der Waals surface area contributed by atoms with Crippen molar-refractivity contribution in [2.75, 3.05) is 0 Å². The van der Waals surface area contributed by atoms with Gasteiger partial charge in [0.1, 0.15) is 11.9 Å². The molecule has 1 aromatic carbocycles. The molecule has 1 nitrogen and oxygen atoms in total. The summed E-state index contributed by atoms with van der Waals surface area (Å²) in [5.74, 6) is 2.73. The Morgan fingerprint density at radius 1 is 0.931 bits per heavy atom. The third-order valence-corrected chi connectivity index (χ3v) is 7.49. The van der Waals surface area contributed by atoms with Crippen LogP contribution in [0.4, 0.5) is 8.78 Å². The predicted molar refractivity (Wildman–Crippen MR) is 115 cm³/mol. The van der Waals surface area contributed by atoms with Crippen molar-refractivity contribution in [1.29, 1.82) is 5.26 Å². The number of nitriles is 1. The molecular weight excluding hydrogens is 364 g/mol. The van der Waals surface area contributed by atoms with E-state index < -0.39 is 0 Å². The van der Waals surface area contributed by atoms with E-state index in [9.17, 15) is 8.78 Å². The van der Waals surface area contributed by atoms with Gasteiger partial charge in [0.2, 0.25) is 0 Å². The summed E-state index contributed by atoms with van der Waals surface area (Å²) in [5.41, 5.74) is 1.22. The molecule has 0 amide bonds. The molecule has 2 aliphatic carbocycles. The van der Waals surface area contributed by atoms with E-state index >= 15 is 0 Å². The zero-order chi connectivity index (χ0) is 20.5. The highest BCUT2D eigenvalue weighted by molar-refractivity contribution is 5.34. The Morgan fingerprint density at radius 3 is 2.24 bits per heavy atom. The van der Waals surface area contributed by atoms with Gasteiger partial charge in [-0.05, 0) is 92.7 Å². The van der Waals surface area contributed by atoms with Crippen LogP contribution in [0.2, 0.25) is 0 Å². The Morgan fingerprint density at radius 2 is 1.62 bits per heavy atom. The third-order valence-electron chi connectivity index (χ3n) is 7.49. The van der Waals surface area contributed by atoms with Crippen molar-refractivity contribution < 1.29 is 8.78 Å². The zero-order valence-corrected chi connectivity index (χ0v) is 17.6. The minimum absolute atomic E-state index is 0.149. The van der Waals surface area contributed by atoms with Crippen molar-refractivity contribution >= 4 is 0 Å². The van der Waals surface area contributed by atoms with Crippen LogP contribution in [-0.2, 0) is 0 Å². The van der Waals surface area contributed by atoms with Gasteiger partial charge in [-0.1, -0.05) is 44.2 Å². The van der Waals surface area contributed by atoms with E-state index in [1.54, 1.807) is 18.2 Å². The first-order chi connectivity index (χ1) is 14.2. The Bertz CT molecular complexity index is 689. The molecule has 2 saturated carbocycles. The van der Waals surface area contributed by atoms with Gasteiger partial charge in [-0.3, -0.25) is 0 Å². The molecule has 0 unspecified atom stereocenters. The Kier molecular flexibility index (Phi) is 8.71. The van der Waals surface area contributed by atoms with E-state index in [-0.39, 0.29) is 11.4 Å². The Labute approximate surface area is 175 Å². The minimum atomic E-state index is -0.371. The summed E-state index contributed by atoms with van der Waals surface area (Å²) in [6, 6.07) is 7.08. The van der Waals surface area contributed by atoms with Gasteiger partial charge in [-0.25, -0.2) is 8.78 Å². The first-order valence-corrected chi connectivity index (χ1v) is 11.7. The molecular formula is C26H35F2N. The monoisotopic (exact) mass is 399 g/mol. The highest BCUT2D eigenvalue weighted by Crippen LogP contribution is 2.44. The standard InChI is InChI=1S/C26H35F2N/c27-17-5-3-1-2-4-6-20-7-9-21(10-8-20)22-11-13-23(14-12-22)24-15-16-25(19-29)26(28)18-24/h5,15-18,20-23H,1-4,6-14H2/b17-5+/t20-,21-,22?,23?. The molecule has 0 spiro atoms. The first kappa shape index (κ1) is 22.0. The lowest BCUT2D eigenvalue weighted by molar-refractivity contribution is 0.155. The molecule has 1 aromatic rings. The van der Waals surface area contributed by atoms with Gasteiger partial charge in [0.25, 0.3) is 0 Å². The normalized spacial score (nSPS) is 27.8. The predicted octanol–water partition coefficient (Wildman–Crippen LogP) is 8.21. The van der Waals surface area contributed by atoms with Crippen molar-refractivity contribution in [1.82, 2.24) is 0 Å². The Balaban J connectivity index is 1.36. The van der Waals surface area contributed by atoms with Crippen LogP contribution < -0.4 is 0 Å². The smallest absolute Gasteiger partial charge is 0.141 e. The fraction of sp³-hybridized carbons (Fsp3) is 0.654. The van der Waals surface area contributed by atoms with Crippen molar-refractivity contribution in [3.8, 4) is 6.07 Å². The topological polar surface area (TPSA) is 23.8 Å². The molecule has 0 aromatic heterocycles. The van der Waals surface area contributed by atoms with E-state index in [1.165, 1.54) is 57.8 Å². The number of benzene rings is 1. The molecule has 3 rings (SSSR count). The van der Waals surface area contributed by atoms with Crippen molar-refractivity contribution in [3.63, 3.8) is 0 Å². The van der Waals surface area contributed by atoms with Gasteiger partial charge < -0.3 is 0 Å². The molecule has 0 saturated heterocycles. The van der Waals surface area contributed by atoms with Crippen LogP contribution in [0.15, 0.2) is 30.6 Å². The molecule has 0 atom stereocenters. The van der Waals surface area contributed by atoms with Gasteiger partial charge in [-0.2, -0.15) is 5.26 Å². The second kappa shape index (κ2) is 11.5. The molecule has 2 fully saturated rings. The largest absolute Gasteiger partial charge is 0.216 e. The van der Waals surface area contributed by atoms with E-state index in [0.29, 0.717) is 12.2 Å². The van der Waals surface area contributed by atoms with E-state index in [4.69, 9.17) is 5.26 Å². The van der Waals surface area contributed by atoms with Crippen molar-refractivity contribution in [2.45, 2.75) is 89.4 Å². The summed E-state index contributed by atoms with van der Waals surface area (Å²) in [6.45, 7) is 0. The van der Waals surface area contributed by atoms with Crippen LogP contribution in [0, 0.1) is 34.9 Å². The third kappa shape index (κ3) is 6.39. The van der Waals surface area contributed by atoms with Gasteiger partial charge in [0.05, 0.1) is 11.9 Å². The highest BCUT2D eigenvalue weighted by Gasteiger charge is 2.31. The van der Waals surface area contributed by atoms with Gasteiger partial charge >= 0.3 is 0 Å².